The fourth-order valence-corrected chi connectivity index (χ4v) is 2.20. The van der Waals surface area contributed by atoms with Gasteiger partial charge in [-0.15, -0.1) is 0 Å². The van der Waals surface area contributed by atoms with Gasteiger partial charge in [-0.3, -0.25) is 0 Å². The molecule has 0 atom stereocenters. The topological polar surface area (TPSA) is 47.3 Å². The van der Waals surface area contributed by atoms with Gasteiger partial charge in [0, 0.05) is 12.6 Å². The summed E-state index contributed by atoms with van der Waals surface area (Å²) in [5.41, 5.74) is 5.73. The normalized spacial score (nSPS) is 16.1. The summed E-state index contributed by atoms with van der Waals surface area (Å²) in [4.78, 5) is 0. The van der Waals surface area contributed by atoms with Crippen LogP contribution in [-0.4, -0.2) is 19.3 Å². The predicted octanol–water partition coefficient (Wildman–Crippen LogP) is 2.92. The Morgan fingerprint density at radius 2 is 2.00 bits per heavy atom. The first-order valence-corrected chi connectivity index (χ1v) is 6.27. The second-order valence-electron chi connectivity index (χ2n) is 4.55. The number of ether oxygens (including phenoxy) is 1. The van der Waals surface area contributed by atoms with E-state index in [-0.39, 0.29) is 11.4 Å². The summed E-state index contributed by atoms with van der Waals surface area (Å²) in [6.07, 6.45) is 5.00. The molecular weight excluding hydrogens is 238 g/mol. The molecule has 1 aromatic rings. The number of halogens is 2. The fourth-order valence-electron chi connectivity index (χ4n) is 2.20. The predicted molar refractivity (Wildman–Crippen MR) is 67.5 cm³/mol. The van der Waals surface area contributed by atoms with Crippen molar-refractivity contribution in [1.29, 1.82) is 0 Å². The SMILES string of the molecule is Nc1c(F)cc(F)cc1NCCOC1CCCC1. The number of nitrogen functional groups attached to an aromatic ring is 1. The molecule has 0 unspecified atom stereocenters. The Bertz CT molecular complexity index is 406. The van der Waals surface area contributed by atoms with Crippen LogP contribution in [0.15, 0.2) is 12.1 Å². The van der Waals surface area contributed by atoms with Crippen LogP contribution in [0, 0.1) is 11.6 Å². The first-order chi connectivity index (χ1) is 8.66. The third-order valence-electron chi connectivity index (χ3n) is 3.17. The molecule has 1 saturated carbocycles. The van der Waals surface area contributed by atoms with Crippen LogP contribution in [0.2, 0.25) is 0 Å². The molecule has 18 heavy (non-hydrogen) atoms. The average molecular weight is 256 g/mol. The van der Waals surface area contributed by atoms with E-state index < -0.39 is 11.6 Å². The zero-order chi connectivity index (χ0) is 13.0. The lowest BCUT2D eigenvalue weighted by molar-refractivity contribution is 0.0659. The van der Waals surface area contributed by atoms with Gasteiger partial charge in [-0.05, 0) is 18.9 Å². The summed E-state index contributed by atoms with van der Waals surface area (Å²) in [5.74, 6) is -1.38. The Balaban J connectivity index is 1.79. The Morgan fingerprint density at radius 3 is 2.72 bits per heavy atom. The molecule has 5 heteroatoms. The van der Waals surface area contributed by atoms with E-state index in [0.29, 0.717) is 19.3 Å². The zero-order valence-corrected chi connectivity index (χ0v) is 10.2. The highest BCUT2D eigenvalue weighted by atomic mass is 19.1. The molecule has 0 aliphatic heterocycles. The summed E-state index contributed by atoms with van der Waals surface area (Å²) < 4.78 is 31.8. The second-order valence-corrected chi connectivity index (χ2v) is 4.55. The lowest BCUT2D eigenvalue weighted by Crippen LogP contribution is -2.16. The van der Waals surface area contributed by atoms with E-state index in [9.17, 15) is 8.78 Å². The van der Waals surface area contributed by atoms with E-state index in [1.807, 2.05) is 0 Å². The lowest BCUT2D eigenvalue weighted by Gasteiger charge is -2.13. The molecule has 2 rings (SSSR count). The number of anilines is 2. The average Bonchev–Trinajstić information content (AvgIpc) is 2.83. The van der Waals surface area contributed by atoms with Crippen LogP contribution in [0.5, 0.6) is 0 Å². The Kier molecular flexibility index (Phi) is 4.36. The van der Waals surface area contributed by atoms with Gasteiger partial charge >= 0.3 is 0 Å². The first kappa shape index (κ1) is 13.1. The highest BCUT2D eigenvalue weighted by Crippen LogP contribution is 2.23. The van der Waals surface area contributed by atoms with Crippen molar-refractivity contribution in [1.82, 2.24) is 0 Å². The Hall–Kier alpha value is -1.36. The van der Waals surface area contributed by atoms with Crippen LogP contribution in [0.25, 0.3) is 0 Å². The molecule has 1 aromatic carbocycles. The molecule has 0 heterocycles. The third kappa shape index (κ3) is 3.32. The van der Waals surface area contributed by atoms with Crippen LogP contribution in [-0.2, 0) is 4.74 Å². The van der Waals surface area contributed by atoms with Gasteiger partial charge in [0.2, 0.25) is 0 Å². The molecule has 0 radical (unpaired) electrons. The molecule has 1 fully saturated rings. The summed E-state index contributed by atoms with van der Waals surface area (Å²) in [6, 6.07) is 1.96. The molecule has 3 N–H and O–H groups in total. The number of hydrogen-bond donors (Lipinski definition) is 2. The van der Waals surface area contributed by atoms with Crippen molar-refractivity contribution in [3.8, 4) is 0 Å². The van der Waals surface area contributed by atoms with Gasteiger partial charge in [-0.1, -0.05) is 12.8 Å². The van der Waals surface area contributed by atoms with E-state index in [4.69, 9.17) is 10.5 Å². The van der Waals surface area contributed by atoms with Crippen molar-refractivity contribution in [3.63, 3.8) is 0 Å². The van der Waals surface area contributed by atoms with Gasteiger partial charge in [-0.25, -0.2) is 8.78 Å². The number of nitrogens with one attached hydrogen (secondary N) is 1. The van der Waals surface area contributed by atoms with Crippen LogP contribution in [0.4, 0.5) is 20.2 Å². The van der Waals surface area contributed by atoms with Crippen LogP contribution in [0.1, 0.15) is 25.7 Å². The van der Waals surface area contributed by atoms with E-state index >= 15 is 0 Å². The van der Waals surface area contributed by atoms with Crippen LogP contribution < -0.4 is 11.1 Å². The molecule has 0 amide bonds. The summed E-state index contributed by atoms with van der Waals surface area (Å²) >= 11 is 0. The minimum atomic E-state index is -0.741. The van der Waals surface area contributed by atoms with Gasteiger partial charge in [0.05, 0.1) is 24.1 Å². The lowest BCUT2D eigenvalue weighted by atomic mass is 10.2. The van der Waals surface area contributed by atoms with E-state index in [1.165, 1.54) is 18.9 Å². The molecular formula is C13H18F2N2O. The van der Waals surface area contributed by atoms with Crippen molar-refractivity contribution in [3.05, 3.63) is 23.8 Å². The number of hydrogen-bond acceptors (Lipinski definition) is 3. The molecule has 100 valence electrons. The van der Waals surface area contributed by atoms with Crippen molar-refractivity contribution in [2.75, 3.05) is 24.2 Å². The Labute approximate surface area is 105 Å². The fraction of sp³-hybridized carbons (Fsp3) is 0.538. The standard InChI is InChI=1S/C13H18F2N2O/c14-9-7-11(15)13(16)12(8-9)17-5-6-18-10-3-1-2-4-10/h7-8,10,17H,1-6,16H2. The number of nitrogens with two attached hydrogens (primary N) is 1. The third-order valence-corrected chi connectivity index (χ3v) is 3.17. The molecule has 1 aliphatic rings. The molecule has 0 saturated heterocycles. The maximum absolute atomic E-state index is 13.2. The number of rotatable bonds is 5. The molecule has 0 aromatic heterocycles. The maximum Gasteiger partial charge on any atom is 0.151 e. The van der Waals surface area contributed by atoms with E-state index in [1.54, 1.807) is 0 Å². The molecule has 0 bridgehead atoms. The molecule has 0 spiro atoms. The van der Waals surface area contributed by atoms with Crippen molar-refractivity contribution < 1.29 is 13.5 Å². The van der Waals surface area contributed by atoms with Gasteiger partial charge in [-0.2, -0.15) is 0 Å². The minimum Gasteiger partial charge on any atom is -0.395 e. The molecule has 1 aliphatic carbocycles. The second kappa shape index (κ2) is 6.00. The maximum atomic E-state index is 13.2. The first-order valence-electron chi connectivity index (χ1n) is 6.27. The summed E-state index contributed by atoms with van der Waals surface area (Å²) in [6.45, 7) is 1.01. The highest BCUT2D eigenvalue weighted by Gasteiger charge is 2.14. The molecule has 3 nitrogen and oxygen atoms in total. The van der Waals surface area contributed by atoms with Gasteiger partial charge in [0.15, 0.2) is 5.82 Å². The zero-order valence-electron chi connectivity index (χ0n) is 10.2. The van der Waals surface area contributed by atoms with Crippen molar-refractivity contribution >= 4 is 11.4 Å². The summed E-state index contributed by atoms with van der Waals surface area (Å²) in [7, 11) is 0. The monoisotopic (exact) mass is 256 g/mol. The van der Waals surface area contributed by atoms with E-state index in [0.717, 1.165) is 18.9 Å². The quantitative estimate of drug-likeness (QED) is 0.629. The van der Waals surface area contributed by atoms with Gasteiger partial charge in [0.1, 0.15) is 5.82 Å². The smallest absolute Gasteiger partial charge is 0.151 e. The van der Waals surface area contributed by atoms with Gasteiger partial charge < -0.3 is 15.8 Å². The largest absolute Gasteiger partial charge is 0.395 e. The highest BCUT2D eigenvalue weighted by molar-refractivity contribution is 5.66. The van der Waals surface area contributed by atoms with Crippen LogP contribution in [0.3, 0.4) is 0 Å². The Morgan fingerprint density at radius 1 is 1.28 bits per heavy atom. The minimum absolute atomic E-state index is 0.0581. The van der Waals surface area contributed by atoms with E-state index in [2.05, 4.69) is 5.32 Å². The van der Waals surface area contributed by atoms with Gasteiger partial charge in [0.25, 0.3) is 0 Å². The van der Waals surface area contributed by atoms with Crippen molar-refractivity contribution in [2.45, 2.75) is 31.8 Å². The summed E-state index contributed by atoms with van der Waals surface area (Å²) in [5, 5.41) is 2.89. The van der Waals surface area contributed by atoms with Crippen molar-refractivity contribution in [2.24, 2.45) is 0 Å². The number of benzene rings is 1. The van der Waals surface area contributed by atoms with Crippen LogP contribution >= 0.6 is 0 Å².